The molecule has 0 saturated heterocycles. The van der Waals surface area contributed by atoms with E-state index in [1.54, 1.807) is 16.6 Å². The van der Waals surface area contributed by atoms with Gasteiger partial charge in [0.2, 0.25) is 4.96 Å². The van der Waals surface area contributed by atoms with Crippen molar-refractivity contribution in [3.63, 3.8) is 0 Å². The van der Waals surface area contributed by atoms with Crippen LogP contribution in [0.2, 0.25) is 0 Å². The van der Waals surface area contributed by atoms with Gasteiger partial charge >= 0.3 is 0 Å². The Morgan fingerprint density at radius 2 is 1.97 bits per heavy atom. The minimum Gasteiger partial charge on any atom is -0.494 e. The van der Waals surface area contributed by atoms with E-state index >= 15 is 0 Å². The van der Waals surface area contributed by atoms with Crippen molar-refractivity contribution >= 4 is 27.9 Å². The lowest BCUT2D eigenvalue weighted by molar-refractivity contribution is 0.102. The number of carbonyl (C=O) groups is 1. The molecule has 8 heteroatoms. The highest BCUT2D eigenvalue weighted by Crippen LogP contribution is 2.27. The zero-order chi connectivity index (χ0) is 20.9. The van der Waals surface area contributed by atoms with Crippen molar-refractivity contribution in [2.75, 3.05) is 11.9 Å². The molecule has 30 heavy (non-hydrogen) atoms. The number of anilines is 1. The van der Waals surface area contributed by atoms with E-state index in [2.05, 4.69) is 27.5 Å². The fraction of sp³-hybridized carbons (Fsp3) is 0.273. The number of nitrogens with one attached hydrogen (secondary N) is 1. The van der Waals surface area contributed by atoms with Crippen LogP contribution in [0, 0.1) is 0 Å². The summed E-state index contributed by atoms with van der Waals surface area (Å²) in [5.41, 5.74) is 2.25. The van der Waals surface area contributed by atoms with E-state index in [0.717, 1.165) is 46.3 Å². The number of amides is 1. The van der Waals surface area contributed by atoms with Crippen LogP contribution < -0.4 is 10.1 Å². The molecule has 154 valence electrons. The van der Waals surface area contributed by atoms with Gasteiger partial charge in [0.1, 0.15) is 10.8 Å². The van der Waals surface area contributed by atoms with Crippen LogP contribution in [0.1, 0.15) is 42.9 Å². The molecule has 7 nitrogen and oxygen atoms in total. The van der Waals surface area contributed by atoms with Crippen LogP contribution in [0.5, 0.6) is 5.75 Å². The molecule has 1 N–H and O–H groups in total. The summed E-state index contributed by atoms with van der Waals surface area (Å²) in [5, 5.41) is 16.7. The number of hydrogen-bond donors (Lipinski definition) is 1. The molecule has 2 aromatic heterocycles. The first-order chi connectivity index (χ1) is 14.7. The Morgan fingerprint density at radius 3 is 2.73 bits per heavy atom. The van der Waals surface area contributed by atoms with E-state index in [1.807, 2.05) is 43.3 Å². The third-order valence-electron chi connectivity index (χ3n) is 4.62. The van der Waals surface area contributed by atoms with Gasteiger partial charge in [-0.05, 0) is 48.9 Å². The number of hydrogen-bond acceptors (Lipinski definition) is 6. The third kappa shape index (κ3) is 4.33. The number of unbranched alkanes of at least 4 members (excludes halogenated alkanes) is 1. The normalized spacial score (nSPS) is 11.0. The topological polar surface area (TPSA) is 81.4 Å². The average Bonchev–Trinajstić information content (AvgIpc) is 3.35. The summed E-state index contributed by atoms with van der Waals surface area (Å²) in [4.78, 5) is 13.4. The zero-order valence-corrected chi connectivity index (χ0v) is 17.8. The second kappa shape index (κ2) is 9.04. The van der Waals surface area contributed by atoms with E-state index in [0.29, 0.717) is 17.9 Å². The van der Waals surface area contributed by atoms with Gasteiger partial charge in [-0.1, -0.05) is 37.7 Å². The smallest absolute Gasteiger partial charge is 0.255 e. The molecule has 0 saturated carbocycles. The van der Waals surface area contributed by atoms with Gasteiger partial charge in [0.25, 0.3) is 5.91 Å². The first-order valence-corrected chi connectivity index (χ1v) is 10.9. The van der Waals surface area contributed by atoms with E-state index in [1.165, 1.54) is 11.3 Å². The predicted octanol–water partition coefficient (Wildman–Crippen LogP) is 4.85. The molecule has 0 unspecified atom stereocenters. The van der Waals surface area contributed by atoms with E-state index in [-0.39, 0.29) is 5.91 Å². The first-order valence-electron chi connectivity index (χ1n) is 10.0. The Balaban J connectivity index is 1.44. The molecule has 0 aliphatic carbocycles. The average molecular weight is 422 g/mol. The van der Waals surface area contributed by atoms with Gasteiger partial charge in [0, 0.05) is 23.2 Å². The number of aromatic nitrogens is 4. The molecule has 1 amide bonds. The van der Waals surface area contributed by atoms with Crippen molar-refractivity contribution < 1.29 is 9.53 Å². The van der Waals surface area contributed by atoms with Crippen LogP contribution in [0.15, 0.2) is 48.5 Å². The summed E-state index contributed by atoms with van der Waals surface area (Å²) in [5.74, 6) is 1.38. The maximum atomic E-state index is 12.6. The van der Waals surface area contributed by atoms with Crippen LogP contribution in [0.4, 0.5) is 5.69 Å². The molecule has 2 heterocycles. The van der Waals surface area contributed by atoms with Crippen molar-refractivity contribution in [3.05, 3.63) is 59.9 Å². The highest BCUT2D eigenvalue weighted by molar-refractivity contribution is 7.19. The molecule has 4 rings (SSSR count). The number of fused-ring (bicyclic) bond motifs is 1. The summed E-state index contributed by atoms with van der Waals surface area (Å²) in [6.07, 6.45) is 2.84. The monoisotopic (exact) mass is 421 g/mol. The molecule has 0 bridgehead atoms. The summed E-state index contributed by atoms with van der Waals surface area (Å²) in [7, 11) is 0. The molecule has 0 aliphatic rings. The summed E-state index contributed by atoms with van der Waals surface area (Å²) < 4.78 is 7.47. The number of rotatable bonds is 8. The van der Waals surface area contributed by atoms with Gasteiger partial charge in [-0.15, -0.1) is 10.2 Å². The molecule has 0 fully saturated rings. The zero-order valence-electron chi connectivity index (χ0n) is 17.0. The highest BCUT2D eigenvalue weighted by atomic mass is 32.1. The lowest BCUT2D eigenvalue weighted by Gasteiger charge is -2.09. The highest BCUT2D eigenvalue weighted by Gasteiger charge is 2.12. The quantitative estimate of drug-likeness (QED) is 0.412. The summed E-state index contributed by atoms with van der Waals surface area (Å²) >= 11 is 1.49. The van der Waals surface area contributed by atoms with Crippen LogP contribution >= 0.6 is 11.3 Å². The number of nitrogens with zero attached hydrogens (tertiary/aromatic N) is 4. The van der Waals surface area contributed by atoms with Gasteiger partial charge < -0.3 is 10.1 Å². The molecule has 0 atom stereocenters. The van der Waals surface area contributed by atoms with Gasteiger partial charge in [-0.25, -0.2) is 0 Å². The molecule has 0 spiro atoms. The minimum absolute atomic E-state index is 0.171. The lowest BCUT2D eigenvalue weighted by Crippen LogP contribution is -2.12. The van der Waals surface area contributed by atoms with Crippen molar-refractivity contribution in [1.29, 1.82) is 0 Å². The first kappa shape index (κ1) is 20.0. The van der Waals surface area contributed by atoms with Gasteiger partial charge in [-0.2, -0.15) is 9.61 Å². The summed E-state index contributed by atoms with van der Waals surface area (Å²) in [6.45, 7) is 4.80. The minimum atomic E-state index is -0.171. The second-order valence-corrected chi connectivity index (χ2v) is 7.79. The van der Waals surface area contributed by atoms with Gasteiger partial charge in [-0.3, -0.25) is 4.79 Å². The third-order valence-corrected chi connectivity index (χ3v) is 5.57. The van der Waals surface area contributed by atoms with Crippen LogP contribution in [0.25, 0.3) is 15.5 Å². The predicted molar refractivity (Wildman–Crippen MR) is 118 cm³/mol. The Bertz CT molecular complexity index is 1150. The molecule has 0 radical (unpaired) electrons. The van der Waals surface area contributed by atoms with Crippen LogP contribution in [-0.4, -0.2) is 32.3 Å². The molecule has 4 aromatic rings. The SMILES string of the molecule is CCCCOc1cccc(C(=O)Nc2ccc(-c3nn4c(CC)nnc4s3)cc2)c1. The Kier molecular flexibility index (Phi) is 6.04. The maximum absolute atomic E-state index is 12.6. The standard InChI is InChI=1S/C22H23N5O2S/c1-3-5-13-29-18-8-6-7-16(14-18)20(28)23-17-11-9-15(10-12-17)21-26-27-19(4-2)24-25-22(27)30-21/h6-12,14H,3-5,13H2,1-2H3,(H,23,28). The maximum Gasteiger partial charge on any atom is 0.255 e. The molecule has 2 aromatic carbocycles. The fourth-order valence-corrected chi connectivity index (χ4v) is 3.82. The Morgan fingerprint density at radius 1 is 1.13 bits per heavy atom. The fourth-order valence-electron chi connectivity index (χ4n) is 2.96. The summed E-state index contributed by atoms with van der Waals surface area (Å²) in [6, 6.07) is 14.9. The van der Waals surface area contributed by atoms with Crippen molar-refractivity contribution in [3.8, 4) is 16.3 Å². The number of benzene rings is 2. The largest absolute Gasteiger partial charge is 0.494 e. The van der Waals surface area contributed by atoms with E-state index in [4.69, 9.17) is 4.74 Å². The lowest BCUT2D eigenvalue weighted by atomic mass is 10.1. The molecule has 0 aliphatic heterocycles. The number of aryl methyl sites for hydroxylation is 1. The van der Waals surface area contributed by atoms with Crippen molar-refractivity contribution in [2.45, 2.75) is 33.1 Å². The van der Waals surface area contributed by atoms with E-state index < -0.39 is 0 Å². The molecular formula is C22H23N5O2S. The molecular weight excluding hydrogens is 398 g/mol. The van der Waals surface area contributed by atoms with Gasteiger partial charge in [0.05, 0.1) is 6.61 Å². The second-order valence-electron chi connectivity index (χ2n) is 6.83. The number of carbonyl (C=O) groups excluding carboxylic acids is 1. The van der Waals surface area contributed by atoms with Crippen LogP contribution in [0.3, 0.4) is 0 Å². The van der Waals surface area contributed by atoms with Gasteiger partial charge in [0.15, 0.2) is 5.82 Å². The Labute approximate surface area is 178 Å². The van der Waals surface area contributed by atoms with Crippen molar-refractivity contribution in [2.24, 2.45) is 0 Å². The van der Waals surface area contributed by atoms with Crippen molar-refractivity contribution in [1.82, 2.24) is 19.8 Å². The Hall–Kier alpha value is -3.26. The van der Waals surface area contributed by atoms with Crippen LogP contribution in [-0.2, 0) is 6.42 Å². The van der Waals surface area contributed by atoms with E-state index in [9.17, 15) is 4.79 Å². The number of ether oxygens (including phenoxy) is 1.